The number of nitrogens with zero attached hydrogens (tertiary/aromatic N) is 5. The SMILES string of the molecule is C[C@H](NC(=O)OC(C)(C)C)c1nc(Br)nn1-c1ncccn1. The molecule has 0 fully saturated rings. The van der Waals surface area contributed by atoms with E-state index in [1.54, 1.807) is 46.2 Å². The molecule has 0 spiro atoms. The molecule has 0 bridgehead atoms. The van der Waals surface area contributed by atoms with Gasteiger partial charge in [-0.15, -0.1) is 5.10 Å². The van der Waals surface area contributed by atoms with Gasteiger partial charge in [0.15, 0.2) is 5.82 Å². The van der Waals surface area contributed by atoms with Crippen LogP contribution in [0.2, 0.25) is 0 Å². The quantitative estimate of drug-likeness (QED) is 0.893. The summed E-state index contributed by atoms with van der Waals surface area (Å²) in [6, 6.07) is 1.27. The molecule has 0 aliphatic heterocycles. The molecule has 0 saturated carbocycles. The molecule has 0 radical (unpaired) electrons. The van der Waals surface area contributed by atoms with Crippen molar-refractivity contribution in [2.75, 3.05) is 0 Å². The summed E-state index contributed by atoms with van der Waals surface area (Å²) in [4.78, 5) is 24.4. The molecule has 118 valence electrons. The fraction of sp³-hybridized carbons (Fsp3) is 0.462. The van der Waals surface area contributed by atoms with E-state index in [1.807, 2.05) is 0 Å². The zero-order valence-corrected chi connectivity index (χ0v) is 14.3. The maximum absolute atomic E-state index is 11.9. The van der Waals surface area contributed by atoms with Gasteiger partial charge in [0, 0.05) is 12.4 Å². The average molecular weight is 369 g/mol. The third-order valence-electron chi connectivity index (χ3n) is 2.47. The Kier molecular flexibility index (Phi) is 4.74. The van der Waals surface area contributed by atoms with Crippen LogP contribution in [-0.2, 0) is 4.74 Å². The maximum Gasteiger partial charge on any atom is 0.408 e. The van der Waals surface area contributed by atoms with Crippen LogP contribution in [0.5, 0.6) is 0 Å². The fourth-order valence-corrected chi connectivity index (χ4v) is 2.02. The molecular formula is C13H17BrN6O2. The highest BCUT2D eigenvalue weighted by Crippen LogP contribution is 2.17. The van der Waals surface area contributed by atoms with Crippen LogP contribution in [0.4, 0.5) is 4.79 Å². The second-order valence-electron chi connectivity index (χ2n) is 5.57. The van der Waals surface area contributed by atoms with E-state index in [0.29, 0.717) is 16.5 Å². The van der Waals surface area contributed by atoms with E-state index in [2.05, 4.69) is 41.3 Å². The molecule has 2 aromatic rings. The molecule has 0 saturated heterocycles. The van der Waals surface area contributed by atoms with Crippen molar-refractivity contribution in [3.05, 3.63) is 29.0 Å². The molecule has 1 amide bonds. The van der Waals surface area contributed by atoms with Gasteiger partial charge in [0.25, 0.3) is 5.95 Å². The second-order valence-corrected chi connectivity index (χ2v) is 6.28. The van der Waals surface area contributed by atoms with Gasteiger partial charge in [-0.3, -0.25) is 0 Å². The minimum Gasteiger partial charge on any atom is -0.444 e. The Morgan fingerprint density at radius 2 is 2.00 bits per heavy atom. The number of alkyl carbamates (subject to hydrolysis) is 1. The largest absolute Gasteiger partial charge is 0.444 e. The molecule has 1 atom stereocenters. The fourth-order valence-electron chi connectivity index (χ4n) is 1.67. The van der Waals surface area contributed by atoms with E-state index in [1.165, 1.54) is 4.68 Å². The number of hydrogen-bond donors (Lipinski definition) is 1. The first kappa shape index (κ1) is 16.3. The van der Waals surface area contributed by atoms with Gasteiger partial charge in [0.1, 0.15) is 5.60 Å². The number of hydrogen-bond acceptors (Lipinski definition) is 6. The molecule has 22 heavy (non-hydrogen) atoms. The van der Waals surface area contributed by atoms with E-state index in [0.717, 1.165) is 0 Å². The molecule has 0 aliphatic rings. The maximum atomic E-state index is 11.9. The lowest BCUT2D eigenvalue weighted by molar-refractivity contribution is 0.0505. The Balaban J connectivity index is 2.20. The topological polar surface area (TPSA) is 94.8 Å². The Bertz CT molecular complexity index is 652. The van der Waals surface area contributed by atoms with Gasteiger partial charge >= 0.3 is 6.09 Å². The van der Waals surface area contributed by atoms with Gasteiger partial charge < -0.3 is 10.1 Å². The molecule has 9 heteroatoms. The normalized spacial score (nSPS) is 12.8. The van der Waals surface area contributed by atoms with Crippen molar-refractivity contribution >= 4 is 22.0 Å². The summed E-state index contributed by atoms with van der Waals surface area (Å²) in [5.41, 5.74) is -0.569. The van der Waals surface area contributed by atoms with Crippen molar-refractivity contribution in [3.63, 3.8) is 0 Å². The van der Waals surface area contributed by atoms with E-state index in [9.17, 15) is 4.79 Å². The summed E-state index contributed by atoms with van der Waals surface area (Å²) in [5.74, 6) is 0.859. The first-order chi connectivity index (χ1) is 10.3. The molecule has 0 aromatic carbocycles. The van der Waals surface area contributed by atoms with Crippen molar-refractivity contribution in [2.45, 2.75) is 39.3 Å². The minimum absolute atomic E-state index is 0.369. The van der Waals surface area contributed by atoms with Crippen molar-refractivity contribution in [3.8, 4) is 5.95 Å². The summed E-state index contributed by atoms with van der Waals surface area (Å²) in [6.45, 7) is 7.18. The average Bonchev–Trinajstić information content (AvgIpc) is 2.79. The molecular weight excluding hydrogens is 352 g/mol. The molecule has 8 nitrogen and oxygen atoms in total. The van der Waals surface area contributed by atoms with Crippen LogP contribution in [0.3, 0.4) is 0 Å². The summed E-state index contributed by atoms with van der Waals surface area (Å²) >= 11 is 3.22. The van der Waals surface area contributed by atoms with Crippen molar-refractivity contribution < 1.29 is 9.53 Å². The van der Waals surface area contributed by atoms with Crippen molar-refractivity contribution in [1.82, 2.24) is 30.0 Å². The zero-order chi connectivity index (χ0) is 16.3. The number of aromatic nitrogens is 5. The van der Waals surface area contributed by atoms with Gasteiger partial charge in [-0.25, -0.2) is 19.7 Å². The van der Waals surface area contributed by atoms with Crippen LogP contribution in [0.15, 0.2) is 23.2 Å². The minimum atomic E-state index is -0.569. The van der Waals surface area contributed by atoms with Crippen LogP contribution in [0.1, 0.15) is 39.6 Å². The zero-order valence-electron chi connectivity index (χ0n) is 12.7. The van der Waals surface area contributed by atoms with Gasteiger partial charge in [0.2, 0.25) is 4.73 Å². The Morgan fingerprint density at radius 1 is 1.36 bits per heavy atom. The molecule has 1 N–H and O–H groups in total. The van der Waals surface area contributed by atoms with Crippen molar-refractivity contribution in [2.24, 2.45) is 0 Å². The molecule has 2 aromatic heterocycles. The predicted molar refractivity (Wildman–Crippen MR) is 82.4 cm³/mol. The number of halogens is 1. The number of rotatable bonds is 3. The lowest BCUT2D eigenvalue weighted by Crippen LogP contribution is -2.35. The third kappa shape index (κ3) is 4.23. The highest BCUT2D eigenvalue weighted by atomic mass is 79.9. The van der Waals surface area contributed by atoms with Gasteiger partial charge in [-0.2, -0.15) is 4.68 Å². The number of ether oxygens (including phenoxy) is 1. The number of amides is 1. The van der Waals surface area contributed by atoms with E-state index in [4.69, 9.17) is 4.74 Å². The summed E-state index contributed by atoms with van der Waals surface area (Å²) in [5, 5.41) is 6.90. The summed E-state index contributed by atoms with van der Waals surface area (Å²) < 4.78 is 7.08. The standard InChI is InChI=1S/C13H17BrN6O2/c1-8(17-12(21)22-13(2,3)4)9-18-10(14)19-20(9)11-15-6-5-7-16-11/h5-8H,1-4H3,(H,17,21)/t8-/m0/s1. The molecule has 2 heterocycles. The van der Waals surface area contributed by atoms with Gasteiger partial charge in [-0.05, 0) is 49.7 Å². The first-order valence-corrected chi connectivity index (χ1v) is 7.45. The highest BCUT2D eigenvalue weighted by Gasteiger charge is 2.23. The van der Waals surface area contributed by atoms with Crippen LogP contribution in [0.25, 0.3) is 5.95 Å². The Morgan fingerprint density at radius 3 is 2.59 bits per heavy atom. The van der Waals surface area contributed by atoms with Crippen LogP contribution in [0, 0.1) is 0 Å². The van der Waals surface area contributed by atoms with E-state index < -0.39 is 17.7 Å². The van der Waals surface area contributed by atoms with Crippen LogP contribution in [-0.4, -0.2) is 36.4 Å². The Labute approximate surface area is 136 Å². The lowest BCUT2D eigenvalue weighted by Gasteiger charge is -2.21. The van der Waals surface area contributed by atoms with Gasteiger partial charge in [-0.1, -0.05) is 0 Å². The monoisotopic (exact) mass is 368 g/mol. The number of carbonyl (C=O) groups excluding carboxylic acids is 1. The summed E-state index contributed by atoms with van der Waals surface area (Å²) in [7, 11) is 0. The lowest BCUT2D eigenvalue weighted by atomic mass is 10.2. The third-order valence-corrected chi connectivity index (χ3v) is 2.80. The smallest absolute Gasteiger partial charge is 0.408 e. The highest BCUT2D eigenvalue weighted by molar-refractivity contribution is 9.10. The second kappa shape index (κ2) is 6.39. The first-order valence-electron chi connectivity index (χ1n) is 6.65. The Hall–Kier alpha value is -2.03. The van der Waals surface area contributed by atoms with Crippen molar-refractivity contribution in [1.29, 1.82) is 0 Å². The summed E-state index contributed by atoms with van der Waals surface area (Å²) in [6.07, 6.45) is 2.68. The molecule has 0 aliphatic carbocycles. The molecule has 0 unspecified atom stereocenters. The van der Waals surface area contributed by atoms with E-state index in [-0.39, 0.29) is 0 Å². The van der Waals surface area contributed by atoms with Crippen LogP contribution >= 0.6 is 15.9 Å². The number of carbonyl (C=O) groups is 1. The molecule has 2 rings (SSSR count). The van der Waals surface area contributed by atoms with Crippen LogP contribution < -0.4 is 5.32 Å². The predicted octanol–water partition coefficient (Wildman–Crippen LogP) is 2.41. The van der Waals surface area contributed by atoms with Gasteiger partial charge in [0.05, 0.1) is 6.04 Å². The van der Waals surface area contributed by atoms with E-state index >= 15 is 0 Å². The number of nitrogens with one attached hydrogen (secondary N) is 1.